The fourth-order valence-corrected chi connectivity index (χ4v) is 1.24. The van der Waals surface area contributed by atoms with E-state index in [0.717, 1.165) is 5.69 Å². The van der Waals surface area contributed by atoms with Crippen molar-refractivity contribution in [1.82, 2.24) is 15.5 Å². The third kappa shape index (κ3) is 3.71. The molecule has 0 unspecified atom stereocenters. The van der Waals surface area contributed by atoms with Gasteiger partial charge in [0.05, 0.1) is 19.1 Å². The van der Waals surface area contributed by atoms with Crippen molar-refractivity contribution in [3.63, 3.8) is 0 Å². The van der Waals surface area contributed by atoms with Gasteiger partial charge in [-0.05, 0) is 12.0 Å². The zero-order valence-corrected chi connectivity index (χ0v) is 9.03. The molecule has 5 nitrogen and oxygen atoms in total. The highest BCUT2D eigenvalue weighted by atomic mass is 16.3. The van der Waals surface area contributed by atoms with E-state index in [0.29, 0.717) is 0 Å². The first-order valence-corrected chi connectivity index (χ1v) is 5.02. The van der Waals surface area contributed by atoms with E-state index >= 15 is 0 Å². The van der Waals surface area contributed by atoms with Gasteiger partial charge in [-0.1, -0.05) is 13.8 Å². The molecule has 1 aromatic rings. The van der Waals surface area contributed by atoms with Crippen LogP contribution in [0.5, 0.6) is 0 Å². The van der Waals surface area contributed by atoms with Gasteiger partial charge in [0.15, 0.2) is 0 Å². The summed E-state index contributed by atoms with van der Waals surface area (Å²) < 4.78 is 0. The summed E-state index contributed by atoms with van der Waals surface area (Å²) in [6.45, 7) is 3.88. The summed E-state index contributed by atoms with van der Waals surface area (Å²) in [7, 11) is 0. The minimum atomic E-state index is -0.180. The van der Waals surface area contributed by atoms with Crippen LogP contribution in [0.4, 0.5) is 0 Å². The molecule has 1 atom stereocenters. The van der Waals surface area contributed by atoms with Gasteiger partial charge in [-0.2, -0.15) is 5.10 Å². The van der Waals surface area contributed by atoms with Gasteiger partial charge in [0.25, 0.3) is 0 Å². The van der Waals surface area contributed by atoms with Crippen LogP contribution in [-0.4, -0.2) is 33.9 Å². The lowest BCUT2D eigenvalue weighted by molar-refractivity contribution is -0.121. The van der Waals surface area contributed by atoms with Crippen LogP contribution in [0.15, 0.2) is 12.3 Å². The Morgan fingerprint density at radius 1 is 1.67 bits per heavy atom. The van der Waals surface area contributed by atoms with E-state index in [1.165, 1.54) is 0 Å². The molecule has 3 N–H and O–H groups in total. The summed E-state index contributed by atoms with van der Waals surface area (Å²) in [6, 6.07) is 1.57. The van der Waals surface area contributed by atoms with Crippen molar-refractivity contribution in [2.45, 2.75) is 26.3 Å². The Bertz CT molecular complexity index is 296. The monoisotopic (exact) mass is 211 g/mol. The van der Waals surface area contributed by atoms with Gasteiger partial charge >= 0.3 is 0 Å². The quantitative estimate of drug-likeness (QED) is 0.645. The minimum absolute atomic E-state index is 0.0353. The van der Waals surface area contributed by atoms with E-state index in [1.807, 2.05) is 13.8 Å². The maximum absolute atomic E-state index is 11.5. The summed E-state index contributed by atoms with van der Waals surface area (Å²) in [5.74, 6) is 0.118. The molecule has 0 aromatic carbocycles. The number of nitrogens with zero attached hydrogens (tertiary/aromatic N) is 1. The fourth-order valence-electron chi connectivity index (χ4n) is 1.24. The number of aliphatic hydroxyl groups excluding tert-OH is 1. The zero-order chi connectivity index (χ0) is 11.3. The Labute approximate surface area is 88.9 Å². The number of aromatic nitrogens is 2. The highest BCUT2D eigenvalue weighted by Gasteiger charge is 2.15. The third-order valence-corrected chi connectivity index (χ3v) is 2.26. The number of hydrogen-bond acceptors (Lipinski definition) is 3. The third-order valence-electron chi connectivity index (χ3n) is 2.26. The average molecular weight is 211 g/mol. The molecule has 84 valence electrons. The predicted molar refractivity (Wildman–Crippen MR) is 56.1 cm³/mol. The number of aliphatic hydroxyl groups is 1. The number of H-pyrrole nitrogens is 1. The van der Waals surface area contributed by atoms with Crippen molar-refractivity contribution in [2.24, 2.45) is 5.92 Å². The number of nitrogens with one attached hydrogen (secondary N) is 2. The second kappa shape index (κ2) is 5.50. The van der Waals surface area contributed by atoms with Crippen LogP contribution in [0, 0.1) is 5.92 Å². The van der Waals surface area contributed by atoms with E-state index in [2.05, 4.69) is 15.5 Å². The van der Waals surface area contributed by atoms with Crippen LogP contribution in [-0.2, 0) is 11.2 Å². The second-order valence-corrected chi connectivity index (χ2v) is 3.86. The lowest BCUT2D eigenvalue weighted by Crippen LogP contribution is -2.41. The molecule has 0 aliphatic heterocycles. The highest BCUT2D eigenvalue weighted by Crippen LogP contribution is 2.01. The minimum Gasteiger partial charge on any atom is -0.394 e. The van der Waals surface area contributed by atoms with Crippen molar-refractivity contribution < 1.29 is 9.90 Å². The molecule has 0 saturated heterocycles. The number of hydrogen-bond donors (Lipinski definition) is 3. The number of carbonyl (C=O) groups is 1. The molecule has 0 spiro atoms. The van der Waals surface area contributed by atoms with Gasteiger partial charge in [0.2, 0.25) is 5.91 Å². The first kappa shape index (κ1) is 11.7. The van der Waals surface area contributed by atoms with E-state index in [-0.39, 0.29) is 30.9 Å². The van der Waals surface area contributed by atoms with Gasteiger partial charge in [-0.25, -0.2) is 0 Å². The van der Waals surface area contributed by atoms with E-state index < -0.39 is 0 Å². The molecule has 0 bridgehead atoms. The Balaban J connectivity index is 2.41. The lowest BCUT2D eigenvalue weighted by Gasteiger charge is -2.19. The van der Waals surface area contributed by atoms with Crippen molar-refractivity contribution in [2.75, 3.05) is 6.61 Å². The normalized spacial score (nSPS) is 12.8. The van der Waals surface area contributed by atoms with Crippen LogP contribution in [0.2, 0.25) is 0 Å². The molecule has 1 heterocycles. The zero-order valence-electron chi connectivity index (χ0n) is 9.03. The maximum atomic E-state index is 11.5. The van der Waals surface area contributed by atoms with Crippen LogP contribution in [0.25, 0.3) is 0 Å². The van der Waals surface area contributed by atoms with Crippen molar-refractivity contribution in [3.05, 3.63) is 18.0 Å². The Morgan fingerprint density at radius 2 is 2.40 bits per heavy atom. The van der Waals surface area contributed by atoms with Crippen LogP contribution >= 0.6 is 0 Å². The molecule has 1 rings (SSSR count). The average Bonchev–Trinajstić information content (AvgIpc) is 2.66. The standard InChI is InChI=1S/C10H17N3O2/c1-7(2)9(6-14)12-10(15)5-8-3-4-11-13-8/h3-4,7,9,14H,5-6H2,1-2H3,(H,11,13)(H,12,15)/t9-/m1/s1. The summed E-state index contributed by atoms with van der Waals surface area (Å²) in [5.41, 5.74) is 0.771. The largest absolute Gasteiger partial charge is 0.394 e. The molecular weight excluding hydrogens is 194 g/mol. The smallest absolute Gasteiger partial charge is 0.226 e. The molecule has 5 heteroatoms. The highest BCUT2D eigenvalue weighted by molar-refractivity contribution is 5.78. The molecule has 0 aliphatic carbocycles. The van der Waals surface area contributed by atoms with Crippen LogP contribution in [0.3, 0.4) is 0 Å². The van der Waals surface area contributed by atoms with Crippen molar-refractivity contribution >= 4 is 5.91 Å². The first-order valence-electron chi connectivity index (χ1n) is 5.02. The molecular formula is C10H17N3O2. The molecule has 0 aliphatic rings. The summed E-state index contributed by atoms with van der Waals surface area (Å²) in [6.07, 6.45) is 1.87. The Hall–Kier alpha value is -1.36. The number of aromatic amines is 1. The molecule has 15 heavy (non-hydrogen) atoms. The molecule has 1 amide bonds. The second-order valence-electron chi connectivity index (χ2n) is 3.86. The van der Waals surface area contributed by atoms with Gasteiger partial charge in [0.1, 0.15) is 0 Å². The Kier molecular flexibility index (Phi) is 4.30. The number of carbonyl (C=O) groups excluding carboxylic acids is 1. The molecule has 0 saturated carbocycles. The van der Waals surface area contributed by atoms with E-state index in [1.54, 1.807) is 12.3 Å². The summed E-state index contributed by atoms with van der Waals surface area (Å²) in [5, 5.41) is 18.3. The van der Waals surface area contributed by atoms with E-state index in [9.17, 15) is 4.79 Å². The lowest BCUT2D eigenvalue weighted by atomic mass is 10.1. The maximum Gasteiger partial charge on any atom is 0.226 e. The topological polar surface area (TPSA) is 78.0 Å². The van der Waals surface area contributed by atoms with Crippen molar-refractivity contribution in [1.29, 1.82) is 0 Å². The van der Waals surface area contributed by atoms with Crippen molar-refractivity contribution in [3.8, 4) is 0 Å². The van der Waals surface area contributed by atoms with Crippen LogP contribution < -0.4 is 5.32 Å². The number of rotatable bonds is 5. The summed E-state index contributed by atoms with van der Waals surface area (Å²) in [4.78, 5) is 11.5. The first-order chi connectivity index (χ1) is 7.13. The van der Waals surface area contributed by atoms with E-state index in [4.69, 9.17) is 5.11 Å². The summed E-state index contributed by atoms with van der Waals surface area (Å²) >= 11 is 0. The number of amides is 1. The molecule has 0 fully saturated rings. The Morgan fingerprint density at radius 3 is 2.87 bits per heavy atom. The molecule has 1 aromatic heterocycles. The van der Waals surface area contributed by atoms with Gasteiger partial charge < -0.3 is 10.4 Å². The van der Waals surface area contributed by atoms with Gasteiger partial charge in [-0.3, -0.25) is 9.89 Å². The predicted octanol–water partition coefficient (Wildman–Crippen LogP) is 0.0853. The SMILES string of the molecule is CC(C)[C@@H](CO)NC(=O)Cc1ccn[nH]1. The molecule has 0 radical (unpaired) electrons. The van der Waals surface area contributed by atoms with Gasteiger partial charge in [-0.15, -0.1) is 0 Å². The van der Waals surface area contributed by atoms with Gasteiger partial charge in [0, 0.05) is 11.9 Å². The fraction of sp³-hybridized carbons (Fsp3) is 0.600. The van der Waals surface area contributed by atoms with Crippen LogP contribution in [0.1, 0.15) is 19.5 Å².